The zero-order valence-electron chi connectivity index (χ0n) is 12.0. The molecule has 0 aromatic rings. The molecular formula is C14H23BrO3. The summed E-state index contributed by atoms with van der Waals surface area (Å²) in [6, 6.07) is 0. The minimum Gasteiger partial charge on any atom is -0.504 e. The van der Waals surface area contributed by atoms with Crippen molar-refractivity contribution in [3.05, 3.63) is 34.5 Å². The lowest BCUT2D eigenvalue weighted by Crippen LogP contribution is -2.07. The smallest absolute Gasteiger partial charge is 0.292 e. The second-order valence-electron chi connectivity index (χ2n) is 4.50. The highest BCUT2D eigenvalue weighted by molar-refractivity contribution is 9.11. The van der Waals surface area contributed by atoms with E-state index in [4.69, 9.17) is 9.53 Å². The summed E-state index contributed by atoms with van der Waals surface area (Å²) >= 11 is 3.44. The molecule has 0 heterocycles. The van der Waals surface area contributed by atoms with Crippen LogP contribution in [-0.2, 0) is 14.3 Å². The van der Waals surface area contributed by atoms with Gasteiger partial charge in [0.25, 0.3) is 6.47 Å². The van der Waals surface area contributed by atoms with Gasteiger partial charge in [-0.2, -0.15) is 0 Å². The second kappa shape index (κ2) is 11.1. The Morgan fingerprint density at radius 2 is 1.67 bits per heavy atom. The van der Waals surface area contributed by atoms with Gasteiger partial charge >= 0.3 is 0 Å². The highest BCUT2D eigenvalue weighted by atomic mass is 79.9. The van der Waals surface area contributed by atoms with Gasteiger partial charge in [-0.15, -0.1) is 0 Å². The first-order chi connectivity index (χ1) is 8.29. The molecule has 0 bridgehead atoms. The van der Waals surface area contributed by atoms with Crippen LogP contribution in [0, 0.1) is 5.41 Å². The van der Waals surface area contributed by atoms with Gasteiger partial charge in [0.15, 0.2) is 0 Å². The van der Waals surface area contributed by atoms with Crippen LogP contribution in [0.3, 0.4) is 0 Å². The summed E-state index contributed by atoms with van der Waals surface area (Å²) in [6.07, 6.45) is 7.77. The highest BCUT2D eigenvalue weighted by Gasteiger charge is 2.13. The normalized spacial score (nSPS) is 12.8. The first-order valence-electron chi connectivity index (χ1n) is 5.50. The number of ether oxygens (including phenoxy) is 2. The summed E-state index contributed by atoms with van der Waals surface area (Å²) < 4.78 is 9.84. The quantitative estimate of drug-likeness (QED) is 0.442. The largest absolute Gasteiger partial charge is 0.504 e. The van der Waals surface area contributed by atoms with Crippen molar-refractivity contribution in [2.24, 2.45) is 5.41 Å². The van der Waals surface area contributed by atoms with Crippen molar-refractivity contribution in [2.75, 3.05) is 14.2 Å². The van der Waals surface area contributed by atoms with Crippen molar-refractivity contribution in [3.63, 3.8) is 0 Å². The predicted molar refractivity (Wildman–Crippen MR) is 79.4 cm³/mol. The lowest BCUT2D eigenvalue weighted by atomic mass is 9.86. The van der Waals surface area contributed by atoms with Gasteiger partial charge in [-0.3, -0.25) is 4.79 Å². The summed E-state index contributed by atoms with van der Waals surface area (Å²) in [5.41, 5.74) is 1.41. The van der Waals surface area contributed by atoms with Gasteiger partial charge < -0.3 is 9.47 Å². The van der Waals surface area contributed by atoms with Gasteiger partial charge in [0.05, 0.1) is 20.5 Å². The number of carbonyl (C=O) groups is 1. The zero-order chi connectivity index (χ0) is 14.6. The van der Waals surface area contributed by atoms with Crippen molar-refractivity contribution in [1.29, 1.82) is 0 Å². The van der Waals surface area contributed by atoms with Gasteiger partial charge in [0, 0.05) is 0 Å². The lowest BCUT2D eigenvalue weighted by Gasteiger charge is -2.20. The SMILES string of the molecule is CO/C=C/C=C(\C=C(/C)Br)C(C)(C)C.COC=O. The van der Waals surface area contributed by atoms with Crippen LogP contribution in [0.5, 0.6) is 0 Å². The van der Waals surface area contributed by atoms with Gasteiger partial charge in [-0.05, 0) is 34.5 Å². The molecule has 3 nitrogen and oxygen atoms in total. The Morgan fingerprint density at radius 1 is 1.17 bits per heavy atom. The highest BCUT2D eigenvalue weighted by Crippen LogP contribution is 2.28. The van der Waals surface area contributed by atoms with Crippen LogP contribution in [0.25, 0.3) is 0 Å². The maximum Gasteiger partial charge on any atom is 0.292 e. The molecule has 18 heavy (non-hydrogen) atoms. The number of halogens is 1. The Balaban J connectivity index is 0. The average molecular weight is 319 g/mol. The fourth-order valence-electron chi connectivity index (χ4n) is 0.950. The molecule has 0 rings (SSSR count). The lowest BCUT2D eigenvalue weighted by molar-refractivity contribution is -0.126. The van der Waals surface area contributed by atoms with Crippen molar-refractivity contribution in [2.45, 2.75) is 27.7 Å². The van der Waals surface area contributed by atoms with Crippen LogP contribution in [0.15, 0.2) is 34.5 Å². The molecule has 0 saturated heterocycles. The van der Waals surface area contributed by atoms with Crippen LogP contribution in [-0.4, -0.2) is 20.7 Å². The Morgan fingerprint density at radius 3 is 1.94 bits per heavy atom. The minimum absolute atomic E-state index is 0.146. The summed E-state index contributed by atoms with van der Waals surface area (Å²) in [4.78, 5) is 8.95. The minimum atomic E-state index is 0.146. The molecule has 0 amide bonds. The van der Waals surface area contributed by atoms with E-state index in [0.717, 1.165) is 4.48 Å². The number of hydrogen-bond donors (Lipinski definition) is 0. The molecule has 0 aliphatic rings. The van der Waals surface area contributed by atoms with Crippen molar-refractivity contribution in [1.82, 2.24) is 0 Å². The molecule has 0 saturated carbocycles. The van der Waals surface area contributed by atoms with E-state index in [-0.39, 0.29) is 5.41 Å². The Labute approximate surface area is 119 Å². The van der Waals surface area contributed by atoms with E-state index >= 15 is 0 Å². The van der Waals surface area contributed by atoms with Crippen LogP contribution in [0.2, 0.25) is 0 Å². The van der Waals surface area contributed by atoms with Crippen molar-refractivity contribution in [3.8, 4) is 0 Å². The Hall–Kier alpha value is -1.03. The molecule has 0 aromatic carbocycles. The first kappa shape index (κ1) is 19.3. The maximum atomic E-state index is 8.95. The Bertz CT molecular complexity index is 305. The predicted octanol–water partition coefficient (Wildman–Crippen LogP) is 4.21. The molecule has 4 heteroatoms. The third-order valence-electron chi connectivity index (χ3n) is 1.81. The number of allylic oxidation sites excluding steroid dienone is 5. The molecule has 0 spiro atoms. The van der Waals surface area contributed by atoms with Crippen molar-refractivity contribution >= 4 is 22.4 Å². The monoisotopic (exact) mass is 318 g/mol. The van der Waals surface area contributed by atoms with E-state index < -0.39 is 0 Å². The van der Waals surface area contributed by atoms with E-state index in [2.05, 4.69) is 53.6 Å². The molecule has 0 N–H and O–H groups in total. The third kappa shape index (κ3) is 13.0. The van der Waals surface area contributed by atoms with E-state index in [9.17, 15) is 0 Å². The average Bonchev–Trinajstić information content (AvgIpc) is 2.26. The second-order valence-corrected chi connectivity index (χ2v) is 5.75. The zero-order valence-corrected chi connectivity index (χ0v) is 13.6. The molecule has 0 aromatic heterocycles. The molecular weight excluding hydrogens is 296 g/mol. The van der Waals surface area contributed by atoms with Crippen molar-refractivity contribution < 1.29 is 14.3 Å². The number of carbonyl (C=O) groups excluding carboxylic acids is 1. The molecule has 0 aliphatic heterocycles. The van der Waals surface area contributed by atoms with Gasteiger partial charge in [0.2, 0.25) is 0 Å². The van der Waals surface area contributed by atoms with Gasteiger partial charge in [0.1, 0.15) is 0 Å². The Kier molecular flexibility index (Phi) is 11.9. The summed E-state index contributed by atoms with van der Waals surface area (Å²) in [5, 5.41) is 0. The number of rotatable bonds is 4. The fourth-order valence-corrected chi connectivity index (χ4v) is 1.20. The van der Waals surface area contributed by atoms with Gasteiger partial charge in [-0.25, -0.2) is 0 Å². The fraction of sp³-hybridized carbons (Fsp3) is 0.500. The van der Waals surface area contributed by atoms with Crippen LogP contribution in [0.4, 0.5) is 0 Å². The maximum absolute atomic E-state index is 8.95. The summed E-state index contributed by atoms with van der Waals surface area (Å²) in [6.45, 7) is 8.96. The summed E-state index contributed by atoms with van der Waals surface area (Å²) in [7, 11) is 2.96. The van der Waals surface area contributed by atoms with Crippen LogP contribution >= 0.6 is 15.9 Å². The number of methoxy groups -OCH3 is 2. The topological polar surface area (TPSA) is 35.5 Å². The summed E-state index contributed by atoms with van der Waals surface area (Å²) in [5.74, 6) is 0. The third-order valence-corrected chi connectivity index (χ3v) is 2.04. The number of hydrogen-bond acceptors (Lipinski definition) is 3. The standard InChI is InChI=1S/C12H19BrO.C2H4O2/c1-10(13)9-11(12(2,3)4)7-6-8-14-5;1-4-2-3/h6-9H,1-5H3;2H,1H3/b8-6+,10-9+,11-7+;. The van der Waals surface area contributed by atoms with E-state index in [1.807, 2.05) is 13.0 Å². The van der Waals surface area contributed by atoms with E-state index in [1.165, 1.54) is 12.7 Å². The van der Waals surface area contributed by atoms with Crippen LogP contribution < -0.4 is 0 Å². The molecule has 0 unspecified atom stereocenters. The first-order valence-corrected chi connectivity index (χ1v) is 6.29. The molecule has 0 fully saturated rings. The van der Waals surface area contributed by atoms with Gasteiger partial charge in [-0.1, -0.05) is 42.8 Å². The van der Waals surface area contributed by atoms with E-state index in [1.54, 1.807) is 13.4 Å². The molecule has 104 valence electrons. The molecule has 0 atom stereocenters. The molecule has 0 radical (unpaired) electrons. The van der Waals surface area contributed by atoms with Crippen LogP contribution in [0.1, 0.15) is 27.7 Å². The molecule has 0 aliphatic carbocycles. The van der Waals surface area contributed by atoms with E-state index in [0.29, 0.717) is 6.47 Å².